The Morgan fingerprint density at radius 1 is 1.03 bits per heavy atom. The molecule has 6 heteroatoms. The van der Waals surface area contributed by atoms with E-state index in [9.17, 15) is 4.79 Å². The smallest absolute Gasteiger partial charge is 0.252 e. The highest BCUT2D eigenvalue weighted by molar-refractivity contribution is 5.96. The van der Waals surface area contributed by atoms with Gasteiger partial charge in [-0.05, 0) is 75.4 Å². The van der Waals surface area contributed by atoms with Crippen molar-refractivity contribution in [1.82, 2.24) is 5.32 Å². The van der Waals surface area contributed by atoms with Crippen LogP contribution >= 0.6 is 0 Å². The summed E-state index contributed by atoms with van der Waals surface area (Å²) in [4.78, 5) is 13.1. The second-order valence-electron chi connectivity index (χ2n) is 6.98. The van der Waals surface area contributed by atoms with Crippen LogP contribution in [-0.2, 0) is 6.42 Å². The van der Waals surface area contributed by atoms with E-state index in [1.165, 1.54) is 5.56 Å². The van der Waals surface area contributed by atoms with E-state index < -0.39 is 0 Å². The summed E-state index contributed by atoms with van der Waals surface area (Å²) in [7, 11) is 0. The SMILES string of the molecule is CCOc1cc(C(=O)NC2CCCc3cc(N)ccc32)cc(OCC)c1OCC. The van der Waals surface area contributed by atoms with E-state index in [0.717, 1.165) is 30.5 Å². The second-order valence-corrected chi connectivity index (χ2v) is 6.98. The zero-order valence-electron chi connectivity index (χ0n) is 17.4. The zero-order valence-corrected chi connectivity index (χ0v) is 17.4. The summed E-state index contributed by atoms with van der Waals surface area (Å²) in [6, 6.07) is 9.32. The Labute approximate surface area is 172 Å². The number of hydrogen-bond donors (Lipinski definition) is 2. The first kappa shape index (κ1) is 20.8. The Kier molecular flexibility index (Phi) is 6.86. The average Bonchev–Trinajstić information content (AvgIpc) is 2.70. The van der Waals surface area contributed by atoms with E-state index in [2.05, 4.69) is 5.32 Å². The summed E-state index contributed by atoms with van der Waals surface area (Å²) in [5, 5.41) is 3.17. The fourth-order valence-corrected chi connectivity index (χ4v) is 3.75. The number of ether oxygens (including phenoxy) is 3. The first-order valence-corrected chi connectivity index (χ1v) is 10.3. The van der Waals surface area contributed by atoms with Gasteiger partial charge in [-0.25, -0.2) is 0 Å². The Morgan fingerprint density at radius 2 is 1.69 bits per heavy atom. The number of fused-ring (bicyclic) bond motifs is 1. The number of nitrogens with one attached hydrogen (secondary N) is 1. The van der Waals surface area contributed by atoms with Gasteiger partial charge in [0.05, 0.1) is 25.9 Å². The van der Waals surface area contributed by atoms with Crippen LogP contribution in [0.15, 0.2) is 30.3 Å². The fraction of sp³-hybridized carbons (Fsp3) is 0.435. The highest BCUT2D eigenvalue weighted by atomic mass is 16.5. The van der Waals surface area contributed by atoms with Crippen LogP contribution in [-0.4, -0.2) is 25.7 Å². The number of amides is 1. The minimum Gasteiger partial charge on any atom is -0.490 e. The van der Waals surface area contributed by atoms with Crippen molar-refractivity contribution in [2.24, 2.45) is 0 Å². The molecule has 0 spiro atoms. The van der Waals surface area contributed by atoms with Crippen molar-refractivity contribution >= 4 is 11.6 Å². The van der Waals surface area contributed by atoms with Crippen molar-refractivity contribution in [1.29, 1.82) is 0 Å². The van der Waals surface area contributed by atoms with Crippen LogP contribution in [0.4, 0.5) is 5.69 Å². The quantitative estimate of drug-likeness (QED) is 0.649. The molecular formula is C23H30N2O4. The summed E-state index contributed by atoms with van der Waals surface area (Å²) in [6.45, 7) is 7.11. The Hall–Kier alpha value is -2.89. The van der Waals surface area contributed by atoms with E-state index in [4.69, 9.17) is 19.9 Å². The van der Waals surface area contributed by atoms with Gasteiger partial charge in [-0.1, -0.05) is 6.07 Å². The van der Waals surface area contributed by atoms with Crippen molar-refractivity contribution < 1.29 is 19.0 Å². The molecule has 0 aliphatic heterocycles. The molecule has 0 radical (unpaired) electrons. The fourth-order valence-electron chi connectivity index (χ4n) is 3.75. The lowest BCUT2D eigenvalue weighted by atomic mass is 9.87. The lowest BCUT2D eigenvalue weighted by Gasteiger charge is -2.27. The molecule has 0 aromatic heterocycles. The molecule has 29 heavy (non-hydrogen) atoms. The molecule has 1 unspecified atom stereocenters. The standard InChI is InChI=1S/C23H30N2O4/c1-4-27-20-13-16(14-21(28-5-2)22(20)29-6-3)23(26)25-19-9-7-8-15-12-17(24)10-11-18(15)19/h10-14,19H,4-9,24H2,1-3H3,(H,25,26). The number of nitrogens with two attached hydrogens (primary N) is 1. The molecule has 0 bridgehead atoms. The minimum atomic E-state index is -0.162. The number of anilines is 1. The molecule has 0 heterocycles. The maximum absolute atomic E-state index is 13.1. The number of carbonyl (C=O) groups excluding carboxylic acids is 1. The predicted octanol–water partition coefficient (Wildman–Crippen LogP) is 4.27. The van der Waals surface area contributed by atoms with Crippen LogP contribution in [0, 0.1) is 0 Å². The molecule has 2 aromatic carbocycles. The van der Waals surface area contributed by atoms with Gasteiger partial charge in [0.1, 0.15) is 0 Å². The van der Waals surface area contributed by atoms with Crippen LogP contribution in [0.25, 0.3) is 0 Å². The molecule has 0 saturated heterocycles. The maximum atomic E-state index is 13.1. The van der Waals surface area contributed by atoms with E-state index in [0.29, 0.717) is 42.6 Å². The Balaban J connectivity index is 1.89. The van der Waals surface area contributed by atoms with Crippen LogP contribution in [0.2, 0.25) is 0 Å². The summed E-state index contributed by atoms with van der Waals surface area (Å²) in [5.74, 6) is 1.40. The van der Waals surface area contributed by atoms with Crippen LogP contribution in [0.1, 0.15) is 61.1 Å². The van der Waals surface area contributed by atoms with Crippen molar-refractivity contribution in [2.75, 3.05) is 25.6 Å². The van der Waals surface area contributed by atoms with E-state index in [-0.39, 0.29) is 11.9 Å². The van der Waals surface area contributed by atoms with Gasteiger partial charge in [0.2, 0.25) is 5.75 Å². The molecule has 3 N–H and O–H groups in total. The van der Waals surface area contributed by atoms with Gasteiger partial charge in [0.15, 0.2) is 11.5 Å². The van der Waals surface area contributed by atoms with Gasteiger partial charge in [0.25, 0.3) is 5.91 Å². The van der Waals surface area contributed by atoms with Crippen molar-refractivity contribution in [3.05, 3.63) is 47.0 Å². The first-order chi connectivity index (χ1) is 14.1. The molecule has 1 atom stereocenters. The number of aryl methyl sites for hydroxylation is 1. The van der Waals surface area contributed by atoms with E-state index >= 15 is 0 Å². The lowest BCUT2D eigenvalue weighted by Crippen LogP contribution is -2.31. The third kappa shape index (κ3) is 4.75. The third-order valence-electron chi connectivity index (χ3n) is 4.96. The monoisotopic (exact) mass is 398 g/mol. The maximum Gasteiger partial charge on any atom is 0.252 e. The summed E-state index contributed by atoms with van der Waals surface area (Å²) in [5.41, 5.74) is 9.51. The first-order valence-electron chi connectivity index (χ1n) is 10.3. The largest absolute Gasteiger partial charge is 0.490 e. The predicted molar refractivity (Wildman–Crippen MR) is 114 cm³/mol. The molecule has 156 valence electrons. The van der Waals surface area contributed by atoms with Gasteiger partial charge in [-0.2, -0.15) is 0 Å². The molecule has 0 fully saturated rings. The highest BCUT2D eigenvalue weighted by Crippen LogP contribution is 2.39. The normalized spacial score (nSPS) is 15.3. The van der Waals surface area contributed by atoms with Gasteiger partial charge < -0.3 is 25.3 Å². The number of nitrogen functional groups attached to an aromatic ring is 1. The van der Waals surface area contributed by atoms with Crippen LogP contribution in [0.5, 0.6) is 17.2 Å². The van der Waals surface area contributed by atoms with Gasteiger partial charge in [-0.15, -0.1) is 0 Å². The zero-order chi connectivity index (χ0) is 20.8. The Bertz CT molecular complexity index is 839. The van der Waals surface area contributed by atoms with Gasteiger partial charge in [0, 0.05) is 11.3 Å². The molecule has 0 saturated carbocycles. The highest BCUT2D eigenvalue weighted by Gasteiger charge is 2.24. The van der Waals surface area contributed by atoms with Crippen molar-refractivity contribution in [3.8, 4) is 17.2 Å². The van der Waals surface area contributed by atoms with Crippen molar-refractivity contribution in [2.45, 2.75) is 46.1 Å². The number of rotatable bonds is 8. The third-order valence-corrected chi connectivity index (χ3v) is 4.96. The number of carbonyl (C=O) groups is 1. The van der Waals surface area contributed by atoms with Crippen LogP contribution in [0.3, 0.4) is 0 Å². The van der Waals surface area contributed by atoms with E-state index in [1.807, 2.05) is 39.0 Å². The number of hydrogen-bond acceptors (Lipinski definition) is 5. The second kappa shape index (κ2) is 9.54. The van der Waals surface area contributed by atoms with E-state index in [1.54, 1.807) is 12.1 Å². The van der Waals surface area contributed by atoms with Crippen molar-refractivity contribution in [3.63, 3.8) is 0 Å². The van der Waals surface area contributed by atoms with Gasteiger partial charge >= 0.3 is 0 Å². The van der Waals surface area contributed by atoms with Gasteiger partial charge in [-0.3, -0.25) is 4.79 Å². The Morgan fingerprint density at radius 3 is 2.31 bits per heavy atom. The molecule has 1 aliphatic carbocycles. The summed E-state index contributed by atoms with van der Waals surface area (Å²) < 4.78 is 17.2. The topological polar surface area (TPSA) is 82.8 Å². The molecule has 3 rings (SSSR count). The average molecular weight is 399 g/mol. The summed E-state index contributed by atoms with van der Waals surface area (Å²) >= 11 is 0. The molecule has 6 nitrogen and oxygen atoms in total. The molecule has 1 aliphatic rings. The number of benzene rings is 2. The molecular weight excluding hydrogens is 368 g/mol. The van der Waals surface area contributed by atoms with Crippen LogP contribution < -0.4 is 25.3 Å². The minimum absolute atomic E-state index is 0.0375. The molecule has 2 aromatic rings. The summed E-state index contributed by atoms with van der Waals surface area (Å²) in [6.07, 6.45) is 2.90. The molecule has 1 amide bonds. The lowest BCUT2D eigenvalue weighted by molar-refractivity contribution is 0.0931.